The van der Waals surface area contributed by atoms with Gasteiger partial charge in [-0.2, -0.15) is 0 Å². The van der Waals surface area contributed by atoms with E-state index in [9.17, 15) is 0 Å². The van der Waals surface area contributed by atoms with E-state index in [1.54, 1.807) is 0 Å². The van der Waals surface area contributed by atoms with Gasteiger partial charge < -0.3 is 5.73 Å². The van der Waals surface area contributed by atoms with Crippen molar-refractivity contribution in [1.82, 2.24) is 0 Å². The first kappa shape index (κ1) is 18.4. The molecule has 0 amide bonds. The van der Waals surface area contributed by atoms with Gasteiger partial charge in [0.15, 0.2) is 0 Å². The summed E-state index contributed by atoms with van der Waals surface area (Å²) in [4.78, 5) is 0. The van der Waals surface area contributed by atoms with Crippen molar-refractivity contribution in [2.24, 2.45) is 5.73 Å². The molecule has 0 radical (unpaired) electrons. The third-order valence-corrected chi connectivity index (χ3v) is 3.05. The van der Waals surface area contributed by atoms with E-state index in [0.717, 1.165) is 0 Å². The lowest BCUT2D eigenvalue weighted by Gasteiger charge is -2.00. The van der Waals surface area contributed by atoms with Crippen LogP contribution < -0.4 is 5.73 Å². The molecule has 0 aromatic carbocycles. The predicted octanol–water partition coefficient (Wildman–Crippen LogP) is 5.39. The van der Waals surface area contributed by atoms with Crippen molar-refractivity contribution >= 4 is 15.9 Å². The van der Waals surface area contributed by atoms with Crippen molar-refractivity contribution in [3.63, 3.8) is 0 Å². The topological polar surface area (TPSA) is 26.0 Å². The van der Waals surface area contributed by atoms with Gasteiger partial charge in [-0.3, -0.25) is 0 Å². The van der Waals surface area contributed by atoms with Crippen LogP contribution in [0, 0.1) is 0 Å². The van der Waals surface area contributed by atoms with Crippen LogP contribution in [0.4, 0.5) is 0 Å². The molecule has 98 valence electrons. The van der Waals surface area contributed by atoms with Gasteiger partial charge in [0.2, 0.25) is 0 Å². The minimum absolute atomic E-state index is 1.18. The number of hydrogen-bond donors (Lipinski definition) is 1. The summed E-state index contributed by atoms with van der Waals surface area (Å²) in [5.74, 6) is 0. The number of nitrogens with two attached hydrogens (primary N) is 1. The first-order chi connectivity index (χ1) is 7.83. The summed E-state index contributed by atoms with van der Waals surface area (Å²) < 4.78 is 0. The van der Waals surface area contributed by atoms with Gasteiger partial charge in [0.25, 0.3) is 0 Å². The Morgan fingerprint density at radius 3 is 1.50 bits per heavy atom. The van der Waals surface area contributed by atoms with Crippen molar-refractivity contribution in [3.05, 3.63) is 12.8 Å². The van der Waals surface area contributed by atoms with Crippen LogP contribution in [0.1, 0.15) is 71.1 Å². The second kappa shape index (κ2) is 20.4. The van der Waals surface area contributed by atoms with Gasteiger partial charge in [0.05, 0.1) is 0 Å². The van der Waals surface area contributed by atoms with Gasteiger partial charge in [0.1, 0.15) is 0 Å². The molecule has 0 atom stereocenters. The molecule has 0 rings (SSSR count). The molecule has 0 aliphatic heterocycles. The molecule has 1 nitrogen and oxygen atoms in total. The molecule has 0 aromatic rings. The van der Waals surface area contributed by atoms with E-state index in [0.29, 0.717) is 0 Å². The van der Waals surface area contributed by atoms with E-state index in [2.05, 4.69) is 35.2 Å². The van der Waals surface area contributed by atoms with E-state index in [1.807, 2.05) is 0 Å². The highest BCUT2D eigenvalue weighted by Gasteiger charge is 1.91. The summed E-state index contributed by atoms with van der Waals surface area (Å²) in [6.07, 6.45) is 15.6. The Bertz CT molecular complexity index is 105. The molecule has 2 N–H and O–H groups in total. The Labute approximate surface area is 111 Å². The lowest BCUT2D eigenvalue weighted by Crippen LogP contribution is -1.81. The number of hydrogen-bond acceptors (Lipinski definition) is 1. The van der Waals surface area contributed by atoms with Gasteiger partial charge in [-0.15, -0.1) is 0 Å². The first-order valence-electron chi connectivity index (χ1n) is 6.72. The SMILES string of the molecule is C=CN.CCCCCCCCCCCCBr. The quantitative estimate of drug-likeness (QED) is 0.424. The lowest BCUT2D eigenvalue weighted by atomic mass is 10.1. The molecular weight excluding hydrogens is 262 g/mol. The Balaban J connectivity index is 0. The minimum atomic E-state index is 1.18. The fraction of sp³-hybridized carbons (Fsp3) is 0.857. The normalized spacial score (nSPS) is 9.38. The molecule has 0 saturated carbocycles. The maximum Gasteiger partial charge on any atom is 0.00313 e. The van der Waals surface area contributed by atoms with Gasteiger partial charge >= 0.3 is 0 Å². The summed E-state index contributed by atoms with van der Waals surface area (Å²) in [6.45, 7) is 5.42. The van der Waals surface area contributed by atoms with Crippen LogP contribution in [0.2, 0.25) is 0 Å². The van der Waals surface area contributed by atoms with Crippen molar-refractivity contribution in [2.75, 3.05) is 5.33 Å². The van der Waals surface area contributed by atoms with Crippen LogP contribution in [-0.4, -0.2) is 5.33 Å². The zero-order valence-corrected chi connectivity index (χ0v) is 12.6. The van der Waals surface area contributed by atoms with E-state index in [4.69, 9.17) is 0 Å². The van der Waals surface area contributed by atoms with Gasteiger partial charge in [-0.1, -0.05) is 87.2 Å². The van der Waals surface area contributed by atoms with Crippen molar-refractivity contribution in [3.8, 4) is 0 Å². The van der Waals surface area contributed by atoms with Crippen LogP contribution in [0.15, 0.2) is 12.8 Å². The van der Waals surface area contributed by atoms with Crippen LogP contribution in [-0.2, 0) is 0 Å². The molecular formula is C14H30BrN. The van der Waals surface area contributed by atoms with E-state index in [1.165, 1.54) is 75.7 Å². The molecule has 0 spiro atoms. The second-order valence-electron chi connectivity index (χ2n) is 4.11. The van der Waals surface area contributed by atoms with Crippen molar-refractivity contribution in [1.29, 1.82) is 0 Å². The summed E-state index contributed by atoms with van der Waals surface area (Å²) in [5.41, 5.74) is 4.61. The standard InChI is InChI=1S/C12H25Br.C2H5N/c1-2-3-4-5-6-7-8-9-10-11-12-13;1-2-3/h2-12H2,1H3;2H,1,3H2. The van der Waals surface area contributed by atoms with Crippen molar-refractivity contribution < 1.29 is 0 Å². The Hall–Kier alpha value is 0.0200. The molecule has 0 aliphatic rings. The average Bonchev–Trinajstić information content (AvgIpc) is 2.28. The monoisotopic (exact) mass is 291 g/mol. The number of unbranched alkanes of at least 4 members (excludes halogenated alkanes) is 9. The average molecular weight is 292 g/mol. The molecule has 0 aliphatic carbocycles. The van der Waals surface area contributed by atoms with Crippen molar-refractivity contribution in [2.45, 2.75) is 71.1 Å². The van der Waals surface area contributed by atoms with Gasteiger partial charge in [-0.05, 0) is 12.6 Å². The highest BCUT2D eigenvalue weighted by Crippen LogP contribution is 2.10. The Morgan fingerprint density at radius 2 is 1.19 bits per heavy atom. The summed E-state index contributed by atoms with van der Waals surface area (Å²) >= 11 is 3.46. The third-order valence-electron chi connectivity index (χ3n) is 2.49. The molecule has 0 fully saturated rings. The lowest BCUT2D eigenvalue weighted by molar-refractivity contribution is 0.563. The Kier molecular flexibility index (Phi) is 23.5. The van der Waals surface area contributed by atoms with Gasteiger partial charge in [-0.25, -0.2) is 0 Å². The third kappa shape index (κ3) is 23.7. The summed E-state index contributed by atoms with van der Waals surface area (Å²) in [6, 6.07) is 0. The van der Waals surface area contributed by atoms with E-state index in [-0.39, 0.29) is 0 Å². The number of halogens is 1. The van der Waals surface area contributed by atoms with Crippen LogP contribution in [0.25, 0.3) is 0 Å². The molecule has 0 heterocycles. The fourth-order valence-electron chi connectivity index (χ4n) is 1.58. The maximum absolute atomic E-state index is 4.61. The van der Waals surface area contributed by atoms with E-state index < -0.39 is 0 Å². The highest BCUT2D eigenvalue weighted by atomic mass is 79.9. The van der Waals surface area contributed by atoms with E-state index >= 15 is 0 Å². The predicted molar refractivity (Wildman–Crippen MR) is 80.0 cm³/mol. The molecule has 0 aromatic heterocycles. The molecule has 0 saturated heterocycles. The fourth-order valence-corrected chi connectivity index (χ4v) is 1.98. The maximum atomic E-state index is 4.61. The first-order valence-corrected chi connectivity index (χ1v) is 7.84. The largest absolute Gasteiger partial charge is 0.405 e. The van der Waals surface area contributed by atoms with Gasteiger partial charge in [0, 0.05) is 5.33 Å². The summed E-state index contributed by atoms with van der Waals surface area (Å²) in [7, 11) is 0. The van der Waals surface area contributed by atoms with Crippen LogP contribution >= 0.6 is 15.9 Å². The number of alkyl halides is 1. The molecule has 0 unspecified atom stereocenters. The van der Waals surface area contributed by atoms with Crippen LogP contribution in [0.3, 0.4) is 0 Å². The zero-order chi connectivity index (χ0) is 12.5. The minimum Gasteiger partial charge on any atom is -0.405 e. The smallest absolute Gasteiger partial charge is 0.00313 e. The molecule has 0 bridgehead atoms. The second-order valence-corrected chi connectivity index (χ2v) is 4.90. The van der Waals surface area contributed by atoms with Crippen LogP contribution in [0.5, 0.6) is 0 Å². The zero-order valence-electron chi connectivity index (χ0n) is 11.0. The number of rotatable bonds is 10. The summed E-state index contributed by atoms with van der Waals surface area (Å²) in [5, 5.41) is 1.18. The molecule has 16 heavy (non-hydrogen) atoms. The highest BCUT2D eigenvalue weighted by molar-refractivity contribution is 9.09. The Morgan fingerprint density at radius 1 is 0.875 bits per heavy atom. The molecule has 2 heteroatoms.